The van der Waals surface area contributed by atoms with E-state index in [2.05, 4.69) is 22.0 Å². The zero-order valence-electron chi connectivity index (χ0n) is 15.3. The lowest BCUT2D eigenvalue weighted by atomic mass is 10.0. The molecule has 5 rings (SSSR count). The van der Waals surface area contributed by atoms with Crippen molar-refractivity contribution in [2.75, 3.05) is 19.8 Å². The second kappa shape index (κ2) is 6.87. The summed E-state index contributed by atoms with van der Waals surface area (Å²) in [5, 5.41) is 0. The predicted octanol–water partition coefficient (Wildman–Crippen LogP) is 3.71. The largest absolute Gasteiger partial charge is 0.490 e. The number of aromatic nitrogens is 1. The second-order valence-corrected chi connectivity index (χ2v) is 7.68. The van der Waals surface area contributed by atoms with Gasteiger partial charge in [0, 0.05) is 31.3 Å². The van der Waals surface area contributed by atoms with Crippen molar-refractivity contribution in [1.82, 2.24) is 9.88 Å². The Bertz CT molecular complexity index is 839. The Balaban J connectivity index is 1.34. The molecule has 5 nitrogen and oxygen atoms in total. The molecule has 2 aliphatic heterocycles. The number of rotatable bonds is 3. The van der Waals surface area contributed by atoms with Crippen LogP contribution in [0.15, 0.2) is 42.7 Å². The van der Waals surface area contributed by atoms with Gasteiger partial charge in [-0.1, -0.05) is 6.07 Å². The Kier molecular flexibility index (Phi) is 4.23. The van der Waals surface area contributed by atoms with Crippen molar-refractivity contribution < 1.29 is 14.3 Å². The Morgan fingerprint density at radius 1 is 1.00 bits per heavy atom. The fourth-order valence-electron chi connectivity index (χ4n) is 4.42. The SMILES string of the molecule is O=C([C@@H]1C[C@H]1c1ccncc1)N1CCC[C@H]1c1ccc2c(c1)OCCCO2. The molecule has 1 aromatic carbocycles. The molecule has 1 aliphatic carbocycles. The Morgan fingerprint density at radius 2 is 1.81 bits per heavy atom. The molecular formula is C22H24N2O3. The molecule has 1 saturated carbocycles. The molecule has 3 aliphatic rings. The normalized spacial score (nSPS) is 26.5. The molecule has 3 atom stereocenters. The molecule has 5 heteroatoms. The van der Waals surface area contributed by atoms with E-state index in [1.165, 1.54) is 5.56 Å². The summed E-state index contributed by atoms with van der Waals surface area (Å²) < 4.78 is 11.6. The number of likely N-dealkylation sites (tertiary alicyclic amines) is 1. The number of fused-ring (bicyclic) bond motifs is 1. The van der Waals surface area contributed by atoms with Crippen molar-refractivity contribution in [2.24, 2.45) is 5.92 Å². The first-order chi connectivity index (χ1) is 13.3. The number of amides is 1. The molecule has 0 unspecified atom stereocenters. The summed E-state index contributed by atoms with van der Waals surface area (Å²) in [5.74, 6) is 2.39. The molecule has 2 fully saturated rings. The highest BCUT2D eigenvalue weighted by Gasteiger charge is 2.47. The van der Waals surface area contributed by atoms with Gasteiger partial charge in [-0.15, -0.1) is 0 Å². The number of carbonyl (C=O) groups excluding carboxylic acids is 1. The van der Waals surface area contributed by atoms with Crippen molar-refractivity contribution in [3.8, 4) is 11.5 Å². The maximum Gasteiger partial charge on any atom is 0.226 e. The van der Waals surface area contributed by atoms with Gasteiger partial charge in [-0.05, 0) is 60.6 Å². The van der Waals surface area contributed by atoms with E-state index in [1.54, 1.807) is 0 Å². The quantitative estimate of drug-likeness (QED) is 0.833. The maximum atomic E-state index is 13.2. The minimum atomic E-state index is 0.119. The number of ether oxygens (including phenoxy) is 2. The van der Waals surface area contributed by atoms with Gasteiger partial charge in [-0.25, -0.2) is 0 Å². The summed E-state index contributed by atoms with van der Waals surface area (Å²) >= 11 is 0. The van der Waals surface area contributed by atoms with E-state index in [-0.39, 0.29) is 12.0 Å². The van der Waals surface area contributed by atoms with E-state index < -0.39 is 0 Å². The number of nitrogens with zero attached hydrogens (tertiary/aromatic N) is 2. The molecule has 2 aromatic rings. The van der Waals surface area contributed by atoms with E-state index in [0.717, 1.165) is 49.3 Å². The fraction of sp³-hybridized carbons (Fsp3) is 0.455. The topological polar surface area (TPSA) is 51.7 Å². The van der Waals surface area contributed by atoms with Gasteiger partial charge in [0.25, 0.3) is 0 Å². The highest BCUT2D eigenvalue weighted by molar-refractivity contribution is 5.83. The summed E-state index contributed by atoms with van der Waals surface area (Å²) in [6, 6.07) is 10.4. The lowest BCUT2D eigenvalue weighted by molar-refractivity contribution is -0.133. The maximum absolute atomic E-state index is 13.2. The molecule has 1 aromatic heterocycles. The van der Waals surface area contributed by atoms with E-state index in [4.69, 9.17) is 9.47 Å². The molecule has 0 N–H and O–H groups in total. The molecule has 0 bridgehead atoms. The number of pyridine rings is 1. The molecule has 140 valence electrons. The lowest BCUT2D eigenvalue weighted by Crippen LogP contribution is -2.32. The molecule has 27 heavy (non-hydrogen) atoms. The summed E-state index contributed by atoms with van der Waals surface area (Å²) in [4.78, 5) is 19.3. The first-order valence-corrected chi connectivity index (χ1v) is 9.91. The number of carbonyl (C=O) groups is 1. The van der Waals surface area contributed by atoms with Crippen LogP contribution in [0.25, 0.3) is 0 Å². The number of hydrogen-bond acceptors (Lipinski definition) is 4. The second-order valence-electron chi connectivity index (χ2n) is 7.68. The highest BCUT2D eigenvalue weighted by Crippen LogP contribution is 2.50. The number of benzene rings is 1. The fourth-order valence-corrected chi connectivity index (χ4v) is 4.42. The standard InChI is InChI=1S/C22H24N2O3/c25-22(18-14-17(18)15-6-8-23-9-7-15)24-10-1-3-19(24)16-4-5-20-21(13-16)27-12-2-11-26-20/h4-9,13,17-19H,1-3,10-12,14H2/t17-,18+,19-/m0/s1. The van der Waals surface area contributed by atoms with Crippen molar-refractivity contribution >= 4 is 5.91 Å². The van der Waals surface area contributed by atoms with Gasteiger partial charge in [-0.3, -0.25) is 9.78 Å². The Hall–Kier alpha value is -2.56. The van der Waals surface area contributed by atoms with Crippen molar-refractivity contribution in [3.05, 3.63) is 53.9 Å². The van der Waals surface area contributed by atoms with E-state index >= 15 is 0 Å². The first-order valence-electron chi connectivity index (χ1n) is 9.91. The summed E-state index contributed by atoms with van der Waals surface area (Å²) in [7, 11) is 0. The molecule has 1 saturated heterocycles. The van der Waals surface area contributed by atoms with Crippen molar-refractivity contribution in [3.63, 3.8) is 0 Å². The van der Waals surface area contributed by atoms with Gasteiger partial charge >= 0.3 is 0 Å². The Morgan fingerprint density at radius 3 is 2.67 bits per heavy atom. The summed E-state index contributed by atoms with van der Waals surface area (Å²) in [6.07, 6.45) is 7.54. The molecular weight excluding hydrogens is 340 g/mol. The average Bonchev–Trinajstić information content (AvgIpc) is 3.42. The minimum Gasteiger partial charge on any atom is -0.490 e. The lowest BCUT2D eigenvalue weighted by Gasteiger charge is -2.26. The van der Waals surface area contributed by atoms with Crippen LogP contribution in [0.5, 0.6) is 11.5 Å². The van der Waals surface area contributed by atoms with Crippen LogP contribution >= 0.6 is 0 Å². The average molecular weight is 364 g/mol. The highest BCUT2D eigenvalue weighted by atomic mass is 16.5. The van der Waals surface area contributed by atoms with Crippen LogP contribution in [0.1, 0.15) is 48.8 Å². The van der Waals surface area contributed by atoms with Gasteiger partial charge in [0.2, 0.25) is 5.91 Å². The Labute approximate surface area is 159 Å². The van der Waals surface area contributed by atoms with E-state index in [9.17, 15) is 4.79 Å². The van der Waals surface area contributed by atoms with Gasteiger partial charge in [0.15, 0.2) is 11.5 Å². The van der Waals surface area contributed by atoms with Crippen molar-refractivity contribution in [1.29, 1.82) is 0 Å². The van der Waals surface area contributed by atoms with Gasteiger partial charge in [0.1, 0.15) is 0 Å². The minimum absolute atomic E-state index is 0.119. The van der Waals surface area contributed by atoms with E-state index in [0.29, 0.717) is 25.0 Å². The van der Waals surface area contributed by atoms with Crippen LogP contribution in [0.3, 0.4) is 0 Å². The van der Waals surface area contributed by atoms with Gasteiger partial charge in [0.05, 0.1) is 19.3 Å². The van der Waals surface area contributed by atoms with Crippen molar-refractivity contribution in [2.45, 2.75) is 37.6 Å². The third-order valence-electron chi connectivity index (χ3n) is 5.93. The van der Waals surface area contributed by atoms with Crippen LogP contribution in [0.2, 0.25) is 0 Å². The third kappa shape index (κ3) is 3.15. The molecule has 0 spiro atoms. The van der Waals surface area contributed by atoms with E-state index in [1.807, 2.05) is 30.6 Å². The van der Waals surface area contributed by atoms with Crippen LogP contribution in [0, 0.1) is 5.92 Å². The predicted molar refractivity (Wildman–Crippen MR) is 101 cm³/mol. The van der Waals surface area contributed by atoms with Crippen LogP contribution in [0.4, 0.5) is 0 Å². The van der Waals surface area contributed by atoms with Crippen LogP contribution in [-0.2, 0) is 4.79 Å². The smallest absolute Gasteiger partial charge is 0.226 e. The molecule has 1 amide bonds. The monoisotopic (exact) mass is 364 g/mol. The summed E-state index contributed by atoms with van der Waals surface area (Å²) in [6.45, 7) is 2.22. The third-order valence-corrected chi connectivity index (χ3v) is 5.93. The van der Waals surface area contributed by atoms with Crippen LogP contribution in [-0.4, -0.2) is 35.5 Å². The summed E-state index contributed by atoms with van der Waals surface area (Å²) in [5.41, 5.74) is 2.39. The zero-order chi connectivity index (χ0) is 18.2. The van der Waals surface area contributed by atoms with Crippen LogP contribution < -0.4 is 9.47 Å². The molecule has 3 heterocycles. The van der Waals surface area contributed by atoms with Gasteiger partial charge in [-0.2, -0.15) is 0 Å². The number of hydrogen-bond donors (Lipinski definition) is 0. The van der Waals surface area contributed by atoms with Gasteiger partial charge < -0.3 is 14.4 Å². The first kappa shape index (κ1) is 16.6. The zero-order valence-corrected chi connectivity index (χ0v) is 15.3. The molecule has 0 radical (unpaired) electrons.